The second kappa shape index (κ2) is 6.30. The Balaban J connectivity index is 2.29. The van der Waals surface area contributed by atoms with E-state index in [2.05, 4.69) is 4.90 Å². The molecule has 86 valence electrons. The van der Waals surface area contributed by atoms with Crippen molar-refractivity contribution < 1.29 is 4.79 Å². The zero-order valence-electron chi connectivity index (χ0n) is 8.94. The van der Waals surface area contributed by atoms with Crippen LogP contribution in [0.2, 0.25) is 0 Å². The number of thiocarbonyl (C=S) groups is 1. The van der Waals surface area contributed by atoms with Crippen molar-refractivity contribution in [3.8, 4) is 0 Å². The highest BCUT2D eigenvalue weighted by atomic mass is 32.2. The predicted molar refractivity (Wildman–Crippen MR) is 68.2 cm³/mol. The topological polar surface area (TPSA) is 49.6 Å². The Bertz CT molecular complexity index is 240. The van der Waals surface area contributed by atoms with Crippen molar-refractivity contribution in [3.05, 3.63) is 0 Å². The highest BCUT2D eigenvalue weighted by molar-refractivity contribution is 7.99. The van der Waals surface area contributed by atoms with E-state index in [9.17, 15) is 4.79 Å². The van der Waals surface area contributed by atoms with Gasteiger partial charge in [0, 0.05) is 32.7 Å². The van der Waals surface area contributed by atoms with Crippen molar-refractivity contribution in [2.45, 2.75) is 0 Å². The van der Waals surface area contributed by atoms with E-state index in [1.807, 2.05) is 11.2 Å². The molecule has 1 aliphatic rings. The Labute approximate surface area is 100 Å². The van der Waals surface area contributed by atoms with E-state index < -0.39 is 0 Å². The molecule has 0 aromatic heterocycles. The van der Waals surface area contributed by atoms with Crippen LogP contribution in [0.1, 0.15) is 0 Å². The molecule has 0 atom stereocenters. The first-order valence-electron chi connectivity index (χ1n) is 4.91. The second-order valence-electron chi connectivity index (χ2n) is 3.56. The zero-order chi connectivity index (χ0) is 11.3. The number of nitrogens with two attached hydrogens (primary N) is 1. The van der Waals surface area contributed by atoms with Gasteiger partial charge in [0.15, 0.2) is 0 Å². The molecule has 1 fully saturated rings. The average Bonchev–Trinajstić information content (AvgIpc) is 2.18. The van der Waals surface area contributed by atoms with Crippen LogP contribution in [0.15, 0.2) is 0 Å². The lowest BCUT2D eigenvalue weighted by molar-refractivity contribution is -0.129. The molecule has 6 heteroatoms. The zero-order valence-corrected chi connectivity index (χ0v) is 10.6. The maximum atomic E-state index is 11.6. The summed E-state index contributed by atoms with van der Waals surface area (Å²) in [4.78, 5) is 16.2. The maximum absolute atomic E-state index is 11.6. The Morgan fingerprint density at radius 2 is 2.00 bits per heavy atom. The van der Waals surface area contributed by atoms with E-state index in [1.54, 1.807) is 11.8 Å². The van der Waals surface area contributed by atoms with Crippen LogP contribution < -0.4 is 5.73 Å². The Morgan fingerprint density at radius 1 is 1.40 bits per heavy atom. The molecule has 0 saturated carbocycles. The van der Waals surface area contributed by atoms with Crippen LogP contribution in [-0.2, 0) is 4.79 Å². The molecule has 2 N–H and O–H groups in total. The lowest BCUT2D eigenvalue weighted by Gasteiger charge is -2.34. The summed E-state index contributed by atoms with van der Waals surface area (Å²) >= 11 is 6.42. The van der Waals surface area contributed by atoms with Gasteiger partial charge in [-0.3, -0.25) is 9.69 Å². The second-order valence-corrected chi connectivity index (χ2v) is 4.95. The van der Waals surface area contributed by atoms with Crippen LogP contribution in [0.5, 0.6) is 0 Å². The smallest absolute Gasteiger partial charge is 0.232 e. The molecule has 0 aromatic rings. The highest BCUT2D eigenvalue weighted by Gasteiger charge is 2.20. The SMILES string of the molecule is CSCC(=O)N1CCN(CC(N)=S)CC1. The Morgan fingerprint density at radius 3 is 2.47 bits per heavy atom. The first-order chi connectivity index (χ1) is 7.13. The number of nitrogens with zero attached hydrogens (tertiary/aromatic N) is 2. The van der Waals surface area contributed by atoms with Gasteiger partial charge in [0.25, 0.3) is 0 Å². The molecular formula is C9H17N3OS2. The van der Waals surface area contributed by atoms with Crippen LogP contribution in [0.25, 0.3) is 0 Å². The minimum atomic E-state index is 0.234. The normalized spacial score (nSPS) is 17.8. The van der Waals surface area contributed by atoms with Crippen molar-refractivity contribution >= 4 is 34.9 Å². The first kappa shape index (κ1) is 12.7. The van der Waals surface area contributed by atoms with Crippen LogP contribution in [0.4, 0.5) is 0 Å². The molecule has 1 aliphatic heterocycles. The molecule has 15 heavy (non-hydrogen) atoms. The van der Waals surface area contributed by atoms with Crippen molar-refractivity contribution in [2.75, 3.05) is 44.7 Å². The van der Waals surface area contributed by atoms with Gasteiger partial charge in [-0.25, -0.2) is 0 Å². The summed E-state index contributed by atoms with van der Waals surface area (Å²) in [5.41, 5.74) is 5.47. The van der Waals surface area contributed by atoms with Gasteiger partial charge in [-0.1, -0.05) is 12.2 Å². The maximum Gasteiger partial charge on any atom is 0.232 e. The summed E-state index contributed by atoms with van der Waals surface area (Å²) < 4.78 is 0. The van der Waals surface area contributed by atoms with E-state index in [1.165, 1.54) is 0 Å². The highest BCUT2D eigenvalue weighted by Crippen LogP contribution is 2.04. The number of piperazine rings is 1. The molecule has 1 amide bonds. The van der Waals surface area contributed by atoms with E-state index in [4.69, 9.17) is 18.0 Å². The number of carbonyl (C=O) groups excluding carboxylic acids is 1. The lowest BCUT2D eigenvalue weighted by atomic mass is 10.3. The van der Waals surface area contributed by atoms with E-state index in [0.717, 1.165) is 26.2 Å². The molecule has 1 heterocycles. The number of rotatable bonds is 4. The van der Waals surface area contributed by atoms with E-state index in [-0.39, 0.29) is 5.91 Å². The molecule has 1 rings (SSSR count). The van der Waals surface area contributed by atoms with Crippen molar-refractivity contribution in [1.29, 1.82) is 0 Å². The van der Waals surface area contributed by atoms with Crippen LogP contribution >= 0.6 is 24.0 Å². The molecule has 0 unspecified atom stereocenters. The molecular weight excluding hydrogens is 230 g/mol. The third-order valence-electron chi connectivity index (χ3n) is 2.37. The molecule has 0 aromatic carbocycles. The number of carbonyl (C=O) groups is 1. The number of hydrogen-bond acceptors (Lipinski definition) is 4. The average molecular weight is 247 g/mol. The lowest BCUT2D eigenvalue weighted by Crippen LogP contribution is -2.50. The largest absolute Gasteiger partial charge is 0.392 e. The quantitative estimate of drug-likeness (QED) is 0.696. The number of hydrogen-bond donors (Lipinski definition) is 1. The molecule has 0 radical (unpaired) electrons. The summed E-state index contributed by atoms with van der Waals surface area (Å²) in [6.45, 7) is 4.00. The van der Waals surface area contributed by atoms with Crippen molar-refractivity contribution in [3.63, 3.8) is 0 Å². The molecule has 1 saturated heterocycles. The Kier molecular flexibility index (Phi) is 5.35. The summed E-state index contributed by atoms with van der Waals surface area (Å²) in [7, 11) is 0. The molecule has 0 aliphatic carbocycles. The van der Waals surface area contributed by atoms with Gasteiger partial charge in [-0.05, 0) is 6.26 Å². The predicted octanol–water partition coefficient (Wildman–Crippen LogP) is -0.220. The van der Waals surface area contributed by atoms with Gasteiger partial charge in [0.2, 0.25) is 5.91 Å². The van der Waals surface area contributed by atoms with Gasteiger partial charge in [-0.2, -0.15) is 11.8 Å². The fourth-order valence-electron chi connectivity index (χ4n) is 1.59. The van der Waals surface area contributed by atoms with Gasteiger partial charge >= 0.3 is 0 Å². The standard InChI is InChI=1S/C9H17N3OS2/c1-15-7-9(13)12-4-2-11(3-5-12)6-8(10)14/h2-7H2,1H3,(H2,10,14). The van der Waals surface area contributed by atoms with Gasteiger partial charge in [0.1, 0.15) is 0 Å². The van der Waals surface area contributed by atoms with E-state index >= 15 is 0 Å². The summed E-state index contributed by atoms with van der Waals surface area (Å²) in [5.74, 6) is 0.812. The minimum absolute atomic E-state index is 0.234. The molecule has 0 spiro atoms. The molecule has 0 bridgehead atoms. The van der Waals surface area contributed by atoms with Crippen LogP contribution in [-0.4, -0.2) is 65.4 Å². The van der Waals surface area contributed by atoms with Gasteiger partial charge in [0.05, 0.1) is 10.7 Å². The van der Waals surface area contributed by atoms with Crippen LogP contribution in [0.3, 0.4) is 0 Å². The summed E-state index contributed by atoms with van der Waals surface area (Å²) in [6, 6.07) is 0. The van der Waals surface area contributed by atoms with Crippen LogP contribution in [0, 0.1) is 0 Å². The fourth-order valence-corrected chi connectivity index (χ4v) is 2.20. The van der Waals surface area contributed by atoms with Gasteiger partial charge < -0.3 is 10.6 Å². The molecule has 4 nitrogen and oxygen atoms in total. The fraction of sp³-hybridized carbons (Fsp3) is 0.778. The summed E-state index contributed by atoms with van der Waals surface area (Å²) in [6.07, 6.45) is 1.95. The third kappa shape index (κ3) is 4.36. The van der Waals surface area contributed by atoms with Crippen molar-refractivity contribution in [1.82, 2.24) is 9.80 Å². The summed E-state index contributed by atoms with van der Waals surface area (Å²) in [5, 5.41) is 0. The van der Waals surface area contributed by atoms with Gasteiger partial charge in [-0.15, -0.1) is 0 Å². The third-order valence-corrected chi connectivity index (χ3v) is 3.04. The Hall–Kier alpha value is -0.330. The number of thioether (sulfide) groups is 1. The monoisotopic (exact) mass is 247 g/mol. The van der Waals surface area contributed by atoms with Crippen molar-refractivity contribution in [2.24, 2.45) is 5.73 Å². The first-order valence-corrected chi connectivity index (χ1v) is 6.71. The van der Waals surface area contributed by atoms with E-state index in [0.29, 0.717) is 17.3 Å². The minimum Gasteiger partial charge on any atom is -0.392 e. The number of amides is 1.